The van der Waals surface area contributed by atoms with E-state index in [1.807, 2.05) is 0 Å². The molecule has 3 fully saturated rings. The van der Waals surface area contributed by atoms with Gasteiger partial charge >= 0.3 is 0 Å². The first-order valence-corrected chi connectivity index (χ1v) is 35.8. The van der Waals surface area contributed by atoms with Gasteiger partial charge in [0, 0.05) is 56.0 Å². The highest BCUT2D eigenvalue weighted by molar-refractivity contribution is 6.04. The summed E-state index contributed by atoms with van der Waals surface area (Å²) in [6, 6.07) is 73.4. The molecule has 0 N–H and O–H groups in total. The molecule has 0 aromatic heterocycles. The summed E-state index contributed by atoms with van der Waals surface area (Å²) in [5.74, 6) is 0. The van der Waals surface area contributed by atoms with Crippen molar-refractivity contribution in [3.8, 4) is 33.4 Å². The van der Waals surface area contributed by atoms with Crippen molar-refractivity contribution < 1.29 is 0 Å². The molecule has 94 heavy (non-hydrogen) atoms. The van der Waals surface area contributed by atoms with Crippen LogP contribution in [-0.2, 0) is 16.2 Å². The molecule has 9 aromatic carbocycles. The van der Waals surface area contributed by atoms with Gasteiger partial charge < -0.3 is 34.3 Å². The Hall–Kier alpha value is -8.42. The van der Waals surface area contributed by atoms with E-state index < -0.39 is 0 Å². The fourth-order valence-corrected chi connectivity index (χ4v) is 17.0. The number of hydrogen-bond acceptors (Lipinski definition) is 7. The zero-order chi connectivity index (χ0) is 64.9. The fourth-order valence-electron chi connectivity index (χ4n) is 17.0. The van der Waals surface area contributed by atoms with E-state index in [0.717, 1.165) is 17.1 Å². The van der Waals surface area contributed by atoms with Crippen molar-refractivity contribution in [2.45, 2.75) is 193 Å². The molecule has 0 spiro atoms. The van der Waals surface area contributed by atoms with Gasteiger partial charge in [0.1, 0.15) is 0 Å². The molecular weight excluding hydrogens is 1140 g/mol. The third-order valence-corrected chi connectivity index (χ3v) is 22.4. The van der Waals surface area contributed by atoms with E-state index in [0.29, 0.717) is 18.1 Å². The Morgan fingerprint density at radius 3 is 0.766 bits per heavy atom. The number of para-hydroxylation sites is 6. The Morgan fingerprint density at radius 2 is 0.511 bits per heavy atom. The third kappa shape index (κ3) is 10.9. The molecule has 0 unspecified atom stereocenters. The van der Waals surface area contributed by atoms with Gasteiger partial charge in [-0.25, -0.2) is 0 Å². The van der Waals surface area contributed by atoms with Crippen molar-refractivity contribution in [3.05, 3.63) is 199 Å². The lowest BCUT2D eigenvalue weighted by molar-refractivity contribution is 0.435. The average molecular weight is 1240 g/mol. The van der Waals surface area contributed by atoms with Crippen LogP contribution >= 0.6 is 0 Å². The van der Waals surface area contributed by atoms with Crippen molar-refractivity contribution in [1.29, 1.82) is 0 Å². The number of rotatable bonds is 9. The number of anilines is 15. The second-order valence-corrected chi connectivity index (χ2v) is 31.5. The summed E-state index contributed by atoms with van der Waals surface area (Å²) >= 11 is 0. The van der Waals surface area contributed by atoms with Crippen LogP contribution in [0, 0.1) is 0 Å². The van der Waals surface area contributed by atoms with Gasteiger partial charge in [-0.1, -0.05) is 193 Å². The maximum atomic E-state index is 2.71. The highest BCUT2D eigenvalue weighted by Gasteiger charge is 2.38. The van der Waals surface area contributed by atoms with Gasteiger partial charge in [-0.3, -0.25) is 0 Å². The smallest absolute Gasteiger partial charge is 0.0656 e. The van der Waals surface area contributed by atoms with Crippen LogP contribution in [0.1, 0.15) is 175 Å². The molecule has 3 saturated carbocycles. The average Bonchev–Trinajstić information content (AvgIpc) is 0.738. The van der Waals surface area contributed by atoms with Gasteiger partial charge in [-0.2, -0.15) is 0 Å². The number of hydrogen-bond donors (Lipinski definition) is 0. The molecular formula is C87H99N7. The lowest BCUT2D eigenvalue weighted by Gasteiger charge is -2.44. The van der Waals surface area contributed by atoms with Gasteiger partial charge in [0.05, 0.1) is 85.3 Å². The van der Waals surface area contributed by atoms with Crippen LogP contribution in [0.2, 0.25) is 0 Å². The predicted octanol–water partition coefficient (Wildman–Crippen LogP) is 24.7. The molecule has 7 heteroatoms. The zero-order valence-electron chi connectivity index (χ0n) is 58.3. The van der Waals surface area contributed by atoms with E-state index in [9.17, 15) is 0 Å². The molecule has 15 rings (SSSR count). The number of benzene rings is 9. The van der Waals surface area contributed by atoms with E-state index in [1.165, 1.54) is 215 Å². The lowest BCUT2D eigenvalue weighted by Crippen LogP contribution is -2.37. The van der Waals surface area contributed by atoms with Crippen LogP contribution in [0.5, 0.6) is 0 Å². The Kier molecular flexibility index (Phi) is 15.8. The van der Waals surface area contributed by atoms with Gasteiger partial charge in [-0.05, 0) is 197 Å². The summed E-state index contributed by atoms with van der Waals surface area (Å²) in [5.41, 5.74) is 29.5. The summed E-state index contributed by atoms with van der Waals surface area (Å²) in [5, 5.41) is 0. The standard InChI is InChI=1S/C87H99N7/c1-85(2,3)61-43-49-70(67(55-61)58-40-46-79-82(52-58)88(10)73-34-22-25-37-76(73)91(79)64-28-16-13-17-29-64)94(71-50-44-62(86(4,5)6)56-68(71)59-41-47-80-83(53-59)89(11)74-35-23-26-38-77(74)92(80)65-30-18-14-19-31-65)72-51-45-63(87(7,8)9)57-69(72)60-42-48-81-84(54-60)90(12)75-36-24-27-39-78(75)93(81)66-32-20-15-21-33-66/h22-27,34-57,64-66H,13-21,28-33H2,1-12H3. The Labute approximate surface area is 562 Å². The van der Waals surface area contributed by atoms with Crippen LogP contribution in [-0.4, -0.2) is 39.3 Å². The van der Waals surface area contributed by atoms with Gasteiger partial charge in [0.2, 0.25) is 0 Å². The van der Waals surface area contributed by atoms with Crippen molar-refractivity contribution in [1.82, 2.24) is 0 Å². The highest BCUT2D eigenvalue weighted by atomic mass is 15.3. The van der Waals surface area contributed by atoms with Gasteiger partial charge in [-0.15, -0.1) is 0 Å². The minimum atomic E-state index is -0.128. The molecule has 3 aliphatic carbocycles. The molecule has 0 radical (unpaired) electrons. The summed E-state index contributed by atoms with van der Waals surface area (Å²) in [6.07, 6.45) is 18.8. The largest absolute Gasteiger partial charge is 0.341 e. The van der Waals surface area contributed by atoms with Crippen molar-refractivity contribution in [3.63, 3.8) is 0 Å². The quantitative estimate of drug-likeness (QED) is 0.142. The van der Waals surface area contributed by atoms with Crippen LogP contribution in [0.25, 0.3) is 33.4 Å². The van der Waals surface area contributed by atoms with E-state index in [-0.39, 0.29) is 16.2 Å². The monoisotopic (exact) mass is 1240 g/mol. The SMILES string of the molecule is CN1c2ccccc2N(C2CCCCC2)c2ccc(-c3cc(C(C)(C)C)ccc3N(c3ccc(C(C)(C)C)cc3-c3ccc4c(c3)N(C)c3ccccc3N4C3CCCCC3)c3ccc(C(C)(C)C)cc3-c3ccc4c(c3)N(C)c3ccccc3N4C3CCCCC3)cc21. The van der Waals surface area contributed by atoms with E-state index in [2.05, 4.69) is 300 Å². The van der Waals surface area contributed by atoms with Crippen molar-refractivity contribution in [2.75, 3.05) is 55.4 Å². The highest BCUT2D eigenvalue weighted by Crippen LogP contribution is 2.58. The van der Waals surface area contributed by atoms with Crippen LogP contribution in [0.3, 0.4) is 0 Å². The first-order valence-electron chi connectivity index (χ1n) is 35.8. The summed E-state index contributed by atoms with van der Waals surface area (Å²) < 4.78 is 0. The fraction of sp³-hybridized carbons (Fsp3) is 0.379. The summed E-state index contributed by atoms with van der Waals surface area (Å²) in [4.78, 5) is 18.2. The maximum absolute atomic E-state index is 2.71. The predicted molar refractivity (Wildman–Crippen MR) is 404 cm³/mol. The normalized spacial score (nSPS) is 17.1. The molecule has 3 aliphatic heterocycles. The third-order valence-electron chi connectivity index (χ3n) is 22.4. The van der Waals surface area contributed by atoms with Crippen LogP contribution in [0.15, 0.2) is 182 Å². The molecule has 3 heterocycles. The first-order chi connectivity index (χ1) is 45.3. The second kappa shape index (κ2) is 24.1. The molecule has 482 valence electrons. The molecule has 9 aromatic rings. The van der Waals surface area contributed by atoms with Crippen molar-refractivity contribution >= 4 is 85.3 Å². The summed E-state index contributed by atoms with van der Waals surface area (Å²) in [6.45, 7) is 21.4. The Morgan fingerprint density at radius 1 is 0.266 bits per heavy atom. The number of nitrogens with zero attached hydrogens (tertiary/aromatic N) is 7. The zero-order valence-corrected chi connectivity index (χ0v) is 58.3. The topological polar surface area (TPSA) is 22.7 Å². The lowest BCUT2D eigenvalue weighted by atomic mass is 9.82. The van der Waals surface area contributed by atoms with Gasteiger partial charge in [0.15, 0.2) is 0 Å². The minimum absolute atomic E-state index is 0.128. The van der Waals surface area contributed by atoms with Crippen LogP contribution < -0.4 is 34.3 Å². The molecule has 0 saturated heterocycles. The first kappa shape index (κ1) is 61.7. The molecule has 7 nitrogen and oxygen atoms in total. The molecule has 0 amide bonds. The Balaban J connectivity index is 0.997. The minimum Gasteiger partial charge on any atom is -0.341 e. The van der Waals surface area contributed by atoms with E-state index >= 15 is 0 Å². The van der Waals surface area contributed by atoms with Gasteiger partial charge in [0.25, 0.3) is 0 Å². The van der Waals surface area contributed by atoms with E-state index in [1.54, 1.807) is 0 Å². The molecule has 0 atom stereocenters. The van der Waals surface area contributed by atoms with Crippen molar-refractivity contribution in [2.24, 2.45) is 0 Å². The van der Waals surface area contributed by atoms with E-state index in [4.69, 9.17) is 0 Å². The maximum Gasteiger partial charge on any atom is 0.0656 e. The van der Waals surface area contributed by atoms with Crippen LogP contribution in [0.4, 0.5) is 85.3 Å². The second-order valence-electron chi connectivity index (χ2n) is 31.5. The summed E-state index contributed by atoms with van der Waals surface area (Å²) in [7, 11) is 6.86. The molecule has 0 bridgehead atoms. The Bertz CT molecular complexity index is 3890. The number of fused-ring (bicyclic) bond motifs is 6. The molecule has 6 aliphatic rings.